The van der Waals surface area contributed by atoms with E-state index in [4.69, 9.17) is 4.74 Å². The minimum Gasteiger partial charge on any atom is -0.462 e. The predicted molar refractivity (Wildman–Crippen MR) is 125 cm³/mol. The number of anilines is 1. The molecule has 7 nitrogen and oxygen atoms in total. The van der Waals surface area contributed by atoms with Gasteiger partial charge in [0.2, 0.25) is 5.91 Å². The van der Waals surface area contributed by atoms with Crippen molar-refractivity contribution >= 4 is 39.1 Å². The Kier molecular flexibility index (Phi) is 6.42. The Labute approximate surface area is 188 Å². The zero-order valence-corrected chi connectivity index (χ0v) is 18.2. The van der Waals surface area contributed by atoms with E-state index in [9.17, 15) is 14.4 Å². The summed E-state index contributed by atoms with van der Waals surface area (Å²) in [6, 6.07) is 16.0. The van der Waals surface area contributed by atoms with Gasteiger partial charge >= 0.3 is 5.97 Å². The molecule has 32 heavy (non-hydrogen) atoms. The second-order valence-electron chi connectivity index (χ2n) is 7.13. The van der Waals surface area contributed by atoms with E-state index in [2.05, 4.69) is 10.3 Å². The maximum atomic E-state index is 13.1. The van der Waals surface area contributed by atoms with Crippen LogP contribution in [0.5, 0.6) is 0 Å². The lowest BCUT2D eigenvalue weighted by atomic mass is 10.1. The van der Waals surface area contributed by atoms with Crippen molar-refractivity contribution < 1.29 is 14.3 Å². The van der Waals surface area contributed by atoms with Crippen molar-refractivity contribution in [2.45, 2.75) is 19.9 Å². The number of aromatic nitrogens is 2. The zero-order chi connectivity index (χ0) is 22.5. The summed E-state index contributed by atoms with van der Waals surface area (Å²) >= 11 is 1.40. The molecule has 162 valence electrons. The lowest BCUT2D eigenvalue weighted by Crippen LogP contribution is -2.27. The van der Waals surface area contributed by atoms with Gasteiger partial charge in [-0.25, -0.2) is 9.78 Å². The molecule has 2 aromatic carbocycles. The first-order chi connectivity index (χ1) is 15.6. The van der Waals surface area contributed by atoms with Crippen molar-refractivity contribution in [1.82, 2.24) is 9.55 Å². The van der Waals surface area contributed by atoms with Gasteiger partial charge in [-0.05, 0) is 36.2 Å². The molecule has 0 fully saturated rings. The smallest absolute Gasteiger partial charge is 0.338 e. The number of thiophene rings is 1. The van der Waals surface area contributed by atoms with Gasteiger partial charge in [-0.2, -0.15) is 0 Å². The van der Waals surface area contributed by atoms with E-state index in [0.29, 0.717) is 28.1 Å². The summed E-state index contributed by atoms with van der Waals surface area (Å²) < 4.78 is 6.39. The van der Waals surface area contributed by atoms with Gasteiger partial charge < -0.3 is 10.1 Å². The summed E-state index contributed by atoms with van der Waals surface area (Å²) in [6.07, 6.45) is 2.14. The molecule has 1 N–H and O–H groups in total. The zero-order valence-electron chi connectivity index (χ0n) is 17.4. The first kappa shape index (κ1) is 21.5. The molecule has 1 amide bonds. The fourth-order valence-electron chi connectivity index (χ4n) is 3.23. The highest BCUT2D eigenvalue weighted by atomic mass is 32.1. The molecule has 0 spiro atoms. The van der Waals surface area contributed by atoms with E-state index in [1.807, 2.05) is 42.6 Å². The fourth-order valence-corrected chi connectivity index (χ4v) is 4.14. The summed E-state index contributed by atoms with van der Waals surface area (Å²) in [5, 5.41) is 5.15. The molecule has 4 rings (SSSR count). The molecule has 0 bridgehead atoms. The number of fused-ring (bicyclic) bond motifs is 1. The van der Waals surface area contributed by atoms with Crippen molar-refractivity contribution in [2.24, 2.45) is 0 Å². The molecule has 0 aliphatic heterocycles. The quantitative estimate of drug-likeness (QED) is 0.426. The third-order valence-corrected chi connectivity index (χ3v) is 5.69. The molecular weight excluding hydrogens is 426 g/mol. The Hall–Kier alpha value is -3.78. The highest BCUT2D eigenvalue weighted by Gasteiger charge is 2.15. The van der Waals surface area contributed by atoms with Crippen LogP contribution in [0.4, 0.5) is 5.69 Å². The first-order valence-electron chi connectivity index (χ1n) is 10.2. The highest BCUT2D eigenvalue weighted by Crippen LogP contribution is 2.30. The van der Waals surface area contributed by atoms with E-state index in [-0.39, 0.29) is 18.0 Å². The Morgan fingerprint density at radius 3 is 2.56 bits per heavy atom. The van der Waals surface area contributed by atoms with Crippen molar-refractivity contribution in [3.8, 4) is 11.1 Å². The van der Waals surface area contributed by atoms with Gasteiger partial charge in [-0.3, -0.25) is 14.2 Å². The van der Waals surface area contributed by atoms with Crippen LogP contribution in [0.2, 0.25) is 0 Å². The van der Waals surface area contributed by atoms with Crippen molar-refractivity contribution in [2.75, 3.05) is 11.9 Å². The number of amides is 1. The monoisotopic (exact) mass is 447 g/mol. The molecule has 0 saturated heterocycles. The van der Waals surface area contributed by atoms with Gasteiger partial charge in [0, 0.05) is 16.6 Å². The van der Waals surface area contributed by atoms with Crippen LogP contribution < -0.4 is 10.9 Å². The second kappa shape index (κ2) is 9.57. The van der Waals surface area contributed by atoms with Gasteiger partial charge in [-0.15, -0.1) is 11.3 Å². The number of esters is 1. The maximum absolute atomic E-state index is 13.1. The summed E-state index contributed by atoms with van der Waals surface area (Å²) in [7, 11) is 0. The molecule has 0 radical (unpaired) electrons. The number of hydrogen-bond acceptors (Lipinski definition) is 6. The van der Waals surface area contributed by atoms with Gasteiger partial charge in [0.25, 0.3) is 5.56 Å². The average molecular weight is 448 g/mol. The standard InChI is InChI=1S/C24H21N3O4S/c1-2-12-31-24(30)17-8-10-18(11-9-17)26-20(28)13-27-15-25-22-21(23(27)29)19(14-32-22)16-6-4-3-5-7-16/h3-11,14-15H,2,12-13H2,1H3,(H,26,28). The highest BCUT2D eigenvalue weighted by molar-refractivity contribution is 7.17. The summed E-state index contributed by atoms with van der Waals surface area (Å²) in [4.78, 5) is 42.5. The van der Waals surface area contributed by atoms with Crippen LogP contribution in [0.1, 0.15) is 23.7 Å². The molecule has 2 aromatic heterocycles. The average Bonchev–Trinajstić information content (AvgIpc) is 3.25. The Bertz CT molecular complexity index is 1310. The van der Waals surface area contributed by atoms with Crippen LogP contribution in [0.3, 0.4) is 0 Å². The largest absolute Gasteiger partial charge is 0.462 e. The molecule has 0 aliphatic rings. The fraction of sp³-hybridized carbons (Fsp3) is 0.167. The molecule has 0 saturated carbocycles. The summed E-state index contributed by atoms with van der Waals surface area (Å²) in [5.41, 5.74) is 2.40. The minimum atomic E-state index is -0.402. The van der Waals surface area contributed by atoms with Crippen molar-refractivity contribution in [3.63, 3.8) is 0 Å². The van der Waals surface area contributed by atoms with E-state index < -0.39 is 5.97 Å². The second-order valence-corrected chi connectivity index (χ2v) is 7.99. The summed E-state index contributed by atoms with van der Waals surface area (Å²) in [5.74, 6) is -0.772. The Balaban J connectivity index is 1.50. The van der Waals surface area contributed by atoms with Gasteiger partial charge in [0.1, 0.15) is 11.4 Å². The number of nitrogens with one attached hydrogen (secondary N) is 1. The first-order valence-corrected chi connectivity index (χ1v) is 11.0. The molecule has 8 heteroatoms. The Morgan fingerprint density at radius 1 is 1.09 bits per heavy atom. The third kappa shape index (κ3) is 4.60. The van der Waals surface area contributed by atoms with E-state index >= 15 is 0 Å². The molecule has 2 heterocycles. The van der Waals surface area contributed by atoms with Crippen LogP contribution in [0.25, 0.3) is 21.3 Å². The summed E-state index contributed by atoms with van der Waals surface area (Å²) in [6.45, 7) is 2.11. The molecule has 0 unspecified atom stereocenters. The van der Waals surface area contributed by atoms with E-state index in [1.165, 1.54) is 22.2 Å². The van der Waals surface area contributed by atoms with Crippen LogP contribution >= 0.6 is 11.3 Å². The van der Waals surface area contributed by atoms with Crippen LogP contribution in [0.15, 0.2) is 71.1 Å². The lowest BCUT2D eigenvalue weighted by molar-refractivity contribution is -0.116. The number of rotatable bonds is 7. The number of hydrogen-bond donors (Lipinski definition) is 1. The molecular formula is C24H21N3O4S. The maximum Gasteiger partial charge on any atom is 0.338 e. The SMILES string of the molecule is CCCOC(=O)c1ccc(NC(=O)Cn2cnc3scc(-c4ccccc4)c3c2=O)cc1. The normalized spacial score (nSPS) is 10.8. The molecule has 4 aromatic rings. The van der Waals surface area contributed by atoms with E-state index in [0.717, 1.165) is 17.5 Å². The lowest BCUT2D eigenvalue weighted by Gasteiger charge is -2.09. The van der Waals surface area contributed by atoms with Gasteiger partial charge in [-0.1, -0.05) is 37.3 Å². The van der Waals surface area contributed by atoms with Crippen LogP contribution in [0, 0.1) is 0 Å². The molecule has 0 atom stereocenters. The number of carbonyl (C=O) groups is 2. The number of ether oxygens (including phenoxy) is 1. The Morgan fingerprint density at radius 2 is 1.84 bits per heavy atom. The predicted octanol–water partition coefficient (Wildman–Crippen LogP) is 4.33. The number of carbonyl (C=O) groups excluding carboxylic acids is 2. The van der Waals surface area contributed by atoms with Crippen molar-refractivity contribution in [3.05, 3.63) is 82.2 Å². The van der Waals surface area contributed by atoms with Gasteiger partial charge in [0.05, 0.1) is 23.9 Å². The van der Waals surface area contributed by atoms with Crippen LogP contribution in [-0.2, 0) is 16.1 Å². The van der Waals surface area contributed by atoms with Crippen LogP contribution in [-0.4, -0.2) is 28.0 Å². The number of benzene rings is 2. The van der Waals surface area contributed by atoms with Crippen molar-refractivity contribution in [1.29, 1.82) is 0 Å². The van der Waals surface area contributed by atoms with E-state index in [1.54, 1.807) is 24.3 Å². The van der Waals surface area contributed by atoms with Gasteiger partial charge in [0.15, 0.2) is 0 Å². The molecule has 0 aliphatic carbocycles. The minimum absolute atomic E-state index is 0.174. The number of nitrogens with zero attached hydrogens (tertiary/aromatic N) is 2. The topological polar surface area (TPSA) is 90.3 Å². The third-order valence-electron chi connectivity index (χ3n) is 4.80.